The van der Waals surface area contributed by atoms with Gasteiger partial charge in [-0.1, -0.05) is 30.3 Å². The van der Waals surface area contributed by atoms with Gasteiger partial charge in [-0.2, -0.15) is 11.8 Å². The summed E-state index contributed by atoms with van der Waals surface area (Å²) in [4.78, 5) is 23.5. The summed E-state index contributed by atoms with van der Waals surface area (Å²) < 4.78 is 5.49. The summed E-state index contributed by atoms with van der Waals surface area (Å²) in [5.74, 6) is 0.634. The number of hydrogen-bond acceptors (Lipinski definition) is 4. The Morgan fingerprint density at radius 3 is 2.57 bits per heavy atom. The maximum Gasteiger partial charge on any atom is 0.309 e. The van der Waals surface area contributed by atoms with Crippen molar-refractivity contribution < 1.29 is 14.3 Å². The molecule has 0 radical (unpaired) electrons. The van der Waals surface area contributed by atoms with Gasteiger partial charge in [-0.15, -0.1) is 0 Å². The Balaban J connectivity index is 1.76. The normalized spacial score (nSPS) is 21.0. The number of ether oxygens (including phenoxy) is 1. The Labute approximate surface area is 128 Å². The van der Waals surface area contributed by atoms with Crippen molar-refractivity contribution in [2.24, 2.45) is 0 Å². The standard InChI is InChI=1S/C15H20N2O3S/c1-20-15(7-8-21-11-15)10-17-14(19)13(18)16-9-12-5-3-2-4-6-12/h2-6H,7-11H2,1H3,(H,16,18)(H,17,19). The highest BCUT2D eigenvalue weighted by Crippen LogP contribution is 2.30. The van der Waals surface area contributed by atoms with E-state index in [2.05, 4.69) is 10.6 Å². The molecule has 114 valence electrons. The van der Waals surface area contributed by atoms with Crippen molar-refractivity contribution in [2.75, 3.05) is 25.2 Å². The highest BCUT2D eigenvalue weighted by atomic mass is 32.2. The van der Waals surface area contributed by atoms with Crippen molar-refractivity contribution in [3.05, 3.63) is 35.9 Å². The van der Waals surface area contributed by atoms with Gasteiger partial charge in [0.1, 0.15) is 0 Å². The summed E-state index contributed by atoms with van der Waals surface area (Å²) in [7, 11) is 1.65. The lowest BCUT2D eigenvalue weighted by molar-refractivity contribution is -0.140. The Bertz CT molecular complexity index is 487. The number of benzene rings is 1. The van der Waals surface area contributed by atoms with Gasteiger partial charge < -0.3 is 15.4 Å². The number of methoxy groups -OCH3 is 1. The summed E-state index contributed by atoms with van der Waals surface area (Å²) in [6, 6.07) is 9.48. The highest BCUT2D eigenvalue weighted by molar-refractivity contribution is 7.99. The van der Waals surface area contributed by atoms with Crippen molar-refractivity contribution in [1.82, 2.24) is 10.6 Å². The molecule has 1 atom stereocenters. The van der Waals surface area contributed by atoms with Crippen LogP contribution in [0.15, 0.2) is 30.3 Å². The Morgan fingerprint density at radius 2 is 1.95 bits per heavy atom. The molecular formula is C15H20N2O3S. The average Bonchev–Trinajstić information content (AvgIpc) is 3.01. The molecule has 1 unspecified atom stereocenters. The van der Waals surface area contributed by atoms with E-state index >= 15 is 0 Å². The molecule has 0 aliphatic carbocycles. The summed E-state index contributed by atoms with van der Waals surface area (Å²) >= 11 is 1.80. The molecule has 0 spiro atoms. The van der Waals surface area contributed by atoms with Crippen LogP contribution in [0.4, 0.5) is 0 Å². The first-order valence-electron chi connectivity index (χ1n) is 6.88. The molecule has 1 aliphatic heterocycles. The zero-order valence-electron chi connectivity index (χ0n) is 12.1. The first-order valence-corrected chi connectivity index (χ1v) is 8.03. The van der Waals surface area contributed by atoms with Crippen molar-refractivity contribution in [2.45, 2.75) is 18.6 Å². The van der Waals surface area contributed by atoms with Crippen molar-refractivity contribution in [3.63, 3.8) is 0 Å². The molecule has 1 fully saturated rings. The molecule has 0 bridgehead atoms. The highest BCUT2D eigenvalue weighted by Gasteiger charge is 2.35. The van der Waals surface area contributed by atoms with Gasteiger partial charge in [0.25, 0.3) is 0 Å². The zero-order chi connectivity index (χ0) is 15.1. The predicted molar refractivity (Wildman–Crippen MR) is 83.0 cm³/mol. The minimum absolute atomic E-state index is 0.333. The topological polar surface area (TPSA) is 67.4 Å². The first kappa shape index (κ1) is 15.9. The third-order valence-electron chi connectivity index (χ3n) is 3.57. The molecule has 6 heteroatoms. The van der Waals surface area contributed by atoms with Crippen LogP contribution < -0.4 is 10.6 Å². The van der Waals surface area contributed by atoms with Crippen LogP contribution >= 0.6 is 11.8 Å². The number of carbonyl (C=O) groups is 2. The molecule has 2 amide bonds. The van der Waals surface area contributed by atoms with Crippen LogP contribution in [0.3, 0.4) is 0 Å². The minimum atomic E-state index is -0.615. The van der Waals surface area contributed by atoms with Gasteiger partial charge in [0.15, 0.2) is 0 Å². The van der Waals surface area contributed by atoms with Crippen molar-refractivity contribution in [3.8, 4) is 0 Å². The predicted octanol–water partition coefficient (Wildman–Crippen LogP) is 0.941. The Hall–Kier alpha value is -1.53. The molecule has 1 heterocycles. The van der Waals surface area contributed by atoms with Crippen molar-refractivity contribution in [1.29, 1.82) is 0 Å². The molecule has 5 nitrogen and oxygen atoms in total. The first-order chi connectivity index (χ1) is 10.2. The average molecular weight is 308 g/mol. The van der Waals surface area contributed by atoms with E-state index < -0.39 is 11.8 Å². The lowest BCUT2D eigenvalue weighted by Crippen LogP contribution is -2.48. The zero-order valence-corrected chi connectivity index (χ0v) is 12.9. The van der Waals surface area contributed by atoms with Crippen LogP contribution in [0.25, 0.3) is 0 Å². The number of nitrogens with one attached hydrogen (secondary N) is 2. The van der Waals surface area contributed by atoms with Gasteiger partial charge in [-0.05, 0) is 17.7 Å². The Kier molecular flexibility index (Phi) is 5.64. The number of rotatable bonds is 5. The van der Waals surface area contributed by atoms with Gasteiger partial charge in [-0.3, -0.25) is 9.59 Å². The van der Waals surface area contributed by atoms with Gasteiger partial charge in [0.05, 0.1) is 5.60 Å². The lowest BCUT2D eigenvalue weighted by Gasteiger charge is -2.26. The molecule has 1 aliphatic rings. The second kappa shape index (κ2) is 7.47. The van der Waals surface area contributed by atoms with E-state index in [0.29, 0.717) is 13.1 Å². The van der Waals surface area contributed by atoms with E-state index in [1.807, 2.05) is 30.3 Å². The number of amides is 2. The van der Waals surface area contributed by atoms with Gasteiger partial charge >= 0.3 is 11.8 Å². The van der Waals surface area contributed by atoms with Gasteiger partial charge in [0, 0.05) is 26.0 Å². The van der Waals surface area contributed by atoms with Gasteiger partial charge in [-0.25, -0.2) is 0 Å². The largest absolute Gasteiger partial charge is 0.376 e. The second-order valence-corrected chi connectivity index (χ2v) is 6.15. The van der Waals surface area contributed by atoms with Crippen LogP contribution in [-0.4, -0.2) is 42.6 Å². The summed E-state index contributed by atoms with van der Waals surface area (Å²) in [6.45, 7) is 0.715. The summed E-state index contributed by atoms with van der Waals surface area (Å²) in [5, 5.41) is 5.27. The molecule has 21 heavy (non-hydrogen) atoms. The van der Waals surface area contributed by atoms with Gasteiger partial charge in [0.2, 0.25) is 0 Å². The molecular weight excluding hydrogens is 288 g/mol. The lowest BCUT2D eigenvalue weighted by atomic mass is 10.0. The fourth-order valence-corrected chi connectivity index (χ4v) is 3.54. The molecule has 0 saturated carbocycles. The fraction of sp³-hybridized carbons (Fsp3) is 0.467. The van der Waals surface area contributed by atoms with Crippen molar-refractivity contribution >= 4 is 23.6 Å². The molecule has 2 N–H and O–H groups in total. The molecule has 0 aromatic heterocycles. The maximum absolute atomic E-state index is 11.8. The Morgan fingerprint density at radius 1 is 1.24 bits per heavy atom. The van der Waals surface area contributed by atoms with E-state index in [1.165, 1.54) is 0 Å². The number of carbonyl (C=O) groups excluding carboxylic acids is 2. The molecule has 2 rings (SSSR count). The summed E-state index contributed by atoms with van der Waals surface area (Å²) in [5.41, 5.74) is 0.624. The maximum atomic E-state index is 11.8. The monoisotopic (exact) mass is 308 g/mol. The fourth-order valence-electron chi connectivity index (χ4n) is 2.14. The minimum Gasteiger partial charge on any atom is -0.376 e. The van der Waals surface area contributed by atoms with Crippen LogP contribution in [-0.2, 0) is 20.9 Å². The van der Waals surface area contributed by atoms with E-state index in [0.717, 1.165) is 23.5 Å². The van der Waals surface area contributed by atoms with Crippen LogP contribution in [0.2, 0.25) is 0 Å². The van der Waals surface area contributed by atoms with Crippen LogP contribution in [0.1, 0.15) is 12.0 Å². The third kappa shape index (κ3) is 4.47. The van der Waals surface area contributed by atoms with E-state index in [4.69, 9.17) is 4.74 Å². The smallest absolute Gasteiger partial charge is 0.309 e. The quantitative estimate of drug-likeness (QED) is 0.795. The van der Waals surface area contributed by atoms with Crippen LogP contribution in [0, 0.1) is 0 Å². The summed E-state index contributed by atoms with van der Waals surface area (Å²) in [6.07, 6.45) is 0.889. The molecule has 1 saturated heterocycles. The SMILES string of the molecule is COC1(CNC(=O)C(=O)NCc2ccccc2)CCSC1. The number of hydrogen-bond donors (Lipinski definition) is 2. The third-order valence-corrected chi connectivity index (χ3v) is 4.80. The van der Waals surface area contributed by atoms with E-state index in [9.17, 15) is 9.59 Å². The molecule has 1 aromatic carbocycles. The second-order valence-electron chi connectivity index (χ2n) is 5.04. The van der Waals surface area contributed by atoms with E-state index in [1.54, 1.807) is 18.9 Å². The number of thioether (sulfide) groups is 1. The molecule has 1 aromatic rings. The van der Waals surface area contributed by atoms with Crippen LogP contribution in [0.5, 0.6) is 0 Å². The van der Waals surface area contributed by atoms with E-state index in [-0.39, 0.29) is 5.60 Å².